The molecular weight excluding hydrogens is 409 g/mol. The number of hydrazone groups is 1. The lowest BCUT2D eigenvalue weighted by Gasteiger charge is -2.20. The highest BCUT2D eigenvalue weighted by atomic mass is 35.5. The van der Waals surface area contributed by atoms with Crippen molar-refractivity contribution in [1.82, 2.24) is 5.43 Å². The molecule has 1 fully saturated rings. The molecule has 0 atom stereocenters. The van der Waals surface area contributed by atoms with E-state index in [1.807, 2.05) is 24.3 Å². The van der Waals surface area contributed by atoms with E-state index in [-0.39, 0.29) is 16.8 Å². The van der Waals surface area contributed by atoms with E-state index in [1.165, 1.54) is 12.5 Å². The normalized spacial score (nSPS) is 15.1. The summed E-state index contributed by atoms with van der Waals surface area (Å²) in [7, 11) is 0. The summed E-state index contributed by atoms with van der Waals surface area (Å²) in [6.45, 7) is 1.78. The van der Waals surface area contributed by atoms with Gasteiger partial charge in [0.15, 0.2) is 0 Å². The Morgan fingerprint density at radius 3 is 2.52 bits per heavy atom. The molecule has 0 bridgehead atoms. The van der Waals surface area contributed by atoms with Crippen molar-refractivity contribution in [1.29, 1.82) is 0 Å². The van der Waals surface area contributed by atoms with E-state index in [4.69, 9.17) is 23.2 Å². The number of nitrogens with one attached hydrogen (secondary N) is 2. The summed E-state index contributed by atoms with van der Waals surface area (Å²) in [5.41, 5.74) is 4.93. The number of anilines is 1. The van der Waals surface area contributed by atoms with E-state index in [0.29, 0.717) is 16.3 Å². The van der Waals surface area contributed by atoms with Crippen LogP contribution in [0.1, 0.15) is 54.9 Å². The second-order valence-electron chi connectivity index (χ2n) is 7.17. The van der Waals surface area contributed by atoms with E-state index in [9.17, 15) is 9.59 Å². The van der Waals surface area contributed by atoms with Crippen molar-refractivity contribution in [2.75, 3.05) is 5.32 Å². The fourth-order valence-corrected chi connectivity index (χ4v) is 3.86. The maximum Gasteiger partial charge on any atom is 0.272 e. The zero-order valence-corrected chi connectivity index (χ0v) is 17.7. The van der Waals surface area contributed by atoms with Gasteiger partial charge in [0.2, 0.25) is 5.91 Å². The van der Waals surface area contributed by atoms with Crippen LogP contribution >= 0.6 is 23.2 Å². The summed E-state index contributed by atoms with van der Waals surface area (Å²) in [5, 5.41) is 7.87. The van der Waals surface area contributed by atoms with Crippen molar-refractivity contribution in [3.8, 4) is 0 Å². The number of halogens is 2. The predicted molar refractivity (Wildman–Crippen MR) is 118 cm³/mol. The summed E-state index contributed by atoms with van der Waals surface area (Å²) >= 11 is 11.9. The van der Waals surface area contributed by atoms with Gasteiger partial charge in [0.25, 0.3) is 5.91 Å². The fourth-order valence-electron chi connectivity index (χ4n) is 3.36. The number of benzene rings is 2. The topological polar surface area (TPSA) is 70.6 Å². The Kier molecular flexibility index (Phi) is 7.29. The first-order valence-corrected chi connectivity index (χ1v) is 10.4. The molecule has 1 aliphatic rings. The summed E-state index contributed by atoms with van der Waals surface area (Å²) in [5.74, 6) is -0.263. The molecule has 7 heteroatoms. The number of nitrogens with zero attached hydrogens (tertiary/aromatic N) is 1. The van der Waals surface area contributed by atoms with E-state index in [1.54, 1.807) is 19.1 Å². The summed E-state index contributed by atoms with van der Waals surface area (Å²) in [4.78, 5) is 24.8. The molecule has 5 nitrogen and oxygen atoms in total. The molecular formula is C22H23Cl2N3O2. The van der Waals surface area contributed by atoms with Gasteiger partial charge in [-0.15, -0.1) is 0 Å². The minimum absolute atomic E-state index is 0.0714. The second-order valence-corrected chi connectivity index (χ2v) is 8.01. The number of carbonyl (C=O) groups excluding carboxylic acids is 2. The fraction of sp³-hybridized carbons (Fsp3) is 0.318. The number of amides is 2. The van der Waals surface area contributed by atoms with Gasteiger partial charge in [-0.2, -0.15) is 5.10 Å². The van der Waals surface area contributed by atoms with Crippen LogP contribution < -0.4 is 10.7 Å². The molecule has 2 N–H and O–H groups in total. The Morgan fingerprint density at radius 2 is 1.79 bits per heavy atom. The van der Waals surface area contributed by atoms with Gasteiger partial charge in [0, 0.05) is 16.6 Å². The molecule has 1 saturated carbocycles. The third-order valence-corrected chi connectivity index (χ3v) is 5.57. The van der Waals surface area contributed by atoms with Crippen LogP contribution in [0.3, 0.4) is 0 Å². The third-order valence-electron chi connectivity index (χ3n) is 5.02. The number of hydrogen-bond donors (Lipinski definition) is 2. The SMILES string of the molecule is C/C(=N\NC(=O)c1ccc(Cl)cc1Cl)c1cccc(NC(=O)C2CCCCC2)c1. The number of rotatable bonds is 5. The van der Waals surface area contributed by atoms with Crippen molar-refractivity contribution in [2.24, 2.45) is 11.0 Å². The van der Waals surface area contributed by atoms with Gasteiger partial charge in [-0.25, -0.2) is 5.43 Å². The van der Waals surface area contributed by atoms with Crippen LogP contribution in [-0.2, 0) is 4.79 Å². The highest BCUT2D eigenvalue weighted by Crippen LogP contribution is 2.25. The molecule has 2 aromatic rings. The monoisotopic (exact) mass is 431 g/mol. The Bertz CT molecular complexity index is 937. The van der Waals surface area contributed by atoms with E-state index >= 15 is 0 Å². The van der Waals surface area contributed by atoms with Crippen LogP contribution in [0.25, 0.3) is 0 Å². The summed E-state index contributed by atoms with van der Waals surface area (Å²) in [6, 6.07) is 12.1. The zero-order valence-electron chi connectivity index (χ0n) is 16.2. The van der Waals surface area contributed by atoms with Crippen LogP contribution in [0.5, 0.6) is 0 Å². The van der Waals surface area contributed by atoms with Crippen molar-refractivity contribution >= 4 is 46.4 Å². The molecule has 29 heavy (non-hydrogen) atoms. The lowest BCUT2D eigenvalue weighted by molar-refractivity contribution is -0.120. The second kappa shape index (κ2) is 9.90. The van der Waals surface area contributed by atoms with Crippen LogP contribution in [0.15, 0.2) is 47.6 Å². The van der Waals surface area contributed by atoms with Gasteiger partial charge in [0.1, 0.15) is 0 Å². The van der Waals surface area contributed by atoms with Gasteiger partial charge >= 0.3 is 0 Å². The van der Waals surface area contributed by atoms with Gasteiger partial charge in [-0.05, 0) is 55.7 Å². The smallest absolute Gasteiger partial charge is 0.272 e. The van der Waals surface area contributed by atoms with E-state index in [2.05, 4.69) is 15.8 Å². The van der Waals surface area contributed by atoms with Crippen molar-refractivity contribution in [3.05, 3.63) is 63.6 Å². The largest absolute Gasteiger partial charge is 0.326 e. The quantitative estimate of drug-likeness (QED) is 0.472. The minimum Gasteiger partial charge on any atom is -0.326 e. The van der Waals surface area contributed by atoms with Gasteiger partial charge < -0.3 is 5.32 Å². The van der Waals surface area contributed by atoms with Crippen LogP contribution in [0.2, 0.25) is 10.0 Å². The first-order chi connectivity index (χ1) is 13.9. The molecule has 1 aliphatic carbocycles. The average Bonchev–Trinajstić information content (AvgIpc) is 2.72. The molecule has 3 rings (SSSR count). The molecule has 2 aromatic carbocycles. The number of carbonyl (C=O) groups is 2. The molecule has 152 valence electrons. The van der Waals surface area contributed by atoms with Crippen molar-refractivity contribution in [2.45, 2.75) is 39.0 Å². The first-order valence-electron chi connectivity index (χ1n) is 9.65. The molecule has 0 heterocycles. The van der Waals surface area contributed by atoms with Crippen molar-refractivity contribution in [3.63, 3.8) is 0 Å². The molecule has 0 spiro atoms. The van der Waals surface area contributed by atoms with E-state index in [0.717, 1.165) is 36.9 Å². The molecule has 0 aromatic heterocycles. The average molecular weight is 432 g/mol. The highest BCUT2D eigenvalue weighted by molar-refractivity contribution is 6.36. The minimum atomic E-state index is -0.423. The zero-order chi connectivity index (χ0) is 20.8. The van der Waals surface area contributed by atoms with Gasteiger partial charge in [0.05, 0.1) is 16.3 Å². The summed E-state index contributed by atoms with van der Waals surface area (Å²) < 4.78 is 0. The lowest BCUT2D eigenvalue weighted by Crippen LogP contribution is -2.24. The molecule has 0 unspecified atom stereocenters. The first kappa shape index (κ1) is 21.3. The summed E-state index contributed by atoms with van der Waals surface area (Å²) in [6.07, 6.45) is 5.33. The standard InChI is InChI=1S/C22H23Cl2N3O2/c1-14(26-27-22(29)19-11-10-17(23)13-20(19)24)16-8-5-9-18(12-16)25-21(28)15-6-3-2-4-7-15/h5,8-13,15H,2-4,6-7H2,1H3,(H,25,28)(H,27,29)/b26-14+. The van der Waals surface area contributed by atoms with Crippen LogP contribution in [-0.4, -0.2) is 17.5 Å². The van der Waals surface area contributed by atoms with Crippen LogP contribution in [0, 0.1) is 5.92 Å². The Labute approximate surface area is 180 Å². The Hall–Kier alpha value is -2.37. The molecule has 0 aliphatic heterocycles. The Balaban J connectivity index is 1.65. The third kappa shape index (κ3) is 5.81. The number of hydrogen-bond acceptors (Lipinski definition) is 3. The highest BCUT2D eigenvalue weighted by Gasteiger charge is 2.21. The maximum atomic E-state index is 12.5. The van der Waals surface area contributed by atoms with Gasteiger partial charge in [-0.1, -0.05) is 54.6 Å². The Morgan fingerprint density at radius 1 is 1.03 bits per heavy atom. The van der Waals surface area contributed by atoms with E-state index < -0.39 is 5.91 Å². The molecule has 0 saturated heterocycles. The van der Waals surface area contributed by atoms with Gasteiger partial charge in [-0.3, -0.25) is 9.59 Å². The maximum absolute atomic E-state index is 12.5. The van der Waals surface area contributed by atoms with Crippen LogP contribution in [0.4, 0.5) is 5.69 Å². The molecule has 2 amide bonds. The molecule has 0 radical (unpaired) electrons. The van der Waals surface area contributed by atoms with Crippen molar-refractivity contribution < 1.29 is 9.59 Å². The predicted octanol–water partition coefficient (Wildman–Crippen LogP) is 5.67. The lowest BCUT2D eigenvalue weighted by atomic mass is 9.88.